The predicted octanol–water partition coefficient (Wildman–Crippen LogP) is 9.29. The Morgan fingerprint density at radius 1 is 0.645 bits per heavy atom. The first-order chi connectivity index (χ1) is 29.9. The summed E-state index contributed by atoms with van der Waals surface area (Å²) < 4.78 is 12.0. The van der Waals surface area contributed by atoms with Gasteiger partial charge in [0, 0.05) is 32.2 Å². The van der Waals surface area contributed by atoms with E-state index in [4.69, 9.17) is 19.4 Å². The smallest absolute Gasteiger partial charge is 0.407 e. The SMILES string of the molecule is COC(=O)N[C@H](C(=O)N1CCC[C@H]1c1nc2ccc(-c3cc4cc5sc(-c6ccc7nc([C@@H]8CCCN8C(=O)[C@@H](NC(=O)OC)C(C)C)[nH]c7c6)cc5cc4s3)cc2[nH]1)C(C)C. The molecule has 0 saturated carbocycles. The van der Waals surface area contributed by atoms with Crippen molar-refractivity contribution in [2.75, 3.05) is 27.3 Å². The molecule has 4 aromatic heterocycles. The van der Waals surface area contributed by atoms with Gasteiger partial charge in [-0.25, -0.2) is 19.6 Å². The first-order valence-corrected chi connectivity index (χ1v) is 22.8. The number of amides is 4. The Bertz CT molecular complexity index is 2620. The van der Waals surface area contributed by atoms with Gasteiger partial charge in [0.2, 0.25) is 11.8 Å². The van der Waals surface area contributed by atoms with Gasteiger partial charge in [0.05, 0.1) is 48.4 Å². The Labute approximate surface area is 366 Å². The van der Waals surface area contributed by atoms with Gasteiger partial charge in [0.25, 0.3) is 0 Å². The number of hydrogen-bond donors (Lipinski definition) is 4. The average molecular weight is 875 g/mol. The van der Waals surface area contributed by atoms with E-state index >= 15 is 0 Å². The maximum absolute atomic E-state index is 13.7. The number of alkyl carbamates (subject to hydrolysis) is 2. The Hall–Kier alpha value is -6.00. The largest absolute Gasteiger partial charge is 0.453 e. The van der Waals surface area contributed by atoms with E-state index in [-0.39, 0.29) is 35.7 Å². The molecule has 9 rings (SSSR count). The van der Waals surface area contributed by atoms with Crippen molar-refractivity contribution in [2.45, 2.75) is 77.5 Å². The Kier molecular flexibility index (Phi) is 11.1. The highest BCUT2D eigenvalue weighted by Gasteiger charge is 2.39. The maximum atomic E-state index is 13.7. The van der Waals surface area contributed by atoms with Crippen LogP contribution in [0.2, 0.25) is 0 Å². The van der Waals surface area contributed by atoms with Crippen LogP contribution in [0, 0.1) is 11.8 Å². The number of nitrogens with zero attached hydrogens (tertiary/aromatic N) is 4. The second-order valence-electron chi connectivity index (χ2n) is 17.0. The number of carbonyl (C=O) groups is 4. The summed E-state index contributed by atoms with van der Waals surface area (Å²) in [6.07, 6.45) is 2.05. The van der Waals surface area contributed by atoms with Crippen molar-refractivity contribution >= 4 is 88.9 Å². The molecular weight excluding hydrogens is 825 g/mol. The normalized spacial score (nSPS) is 17.8. The van der Waals surface area contributed by atoms with Crippen LogP contribution >= 0.6 is 22.7 Å². The quantitative estimate of drug-likeness (QED) is 0.105. The van der Waals surface area contributed by atoms with Crippen molar-refractivity contribution in [3.63, 3.8) is 0 Å². The number of rotatable bonds is 10. The number of likely N-dealkylation sites (tertiary alicyclic amines) is 2. The first-order valence-electron chi connectivity index (χ1n) is 21.2. The van der Waals surface area contributed by atoms with Gasteiger partial charge in [-0.15, -0.1) is 22.7 Å². The molecule has 0 aliphatic carbocycles. The van der Waals surface area contributed by atoms with Crippen LogP contribution in [0.25, 0.3) is 63.1 Å². The molecule has 2 saturated heterocycles. The van der Waals surface area contributed by atoms with Gasteiger partial charge in [-0.3, -0.25) is 9.59 Å². The minimum absolute atomic E-state index is 0.105. The van der Waals surface area contributed by atoms with Crippen LogP contribution in [-0.4, -0.2) is 93.1 Å². The topological polar surface area (TPSA) is 175 Å². The lowest BCUT2D eigenvalue weighted by molar-refractivity contribution is -0.136. The van der Waals surface area contributed by atoms with Gasteiger partial charge >= 0.3 is 12.2 Å². The number of thiophene rings is 2. The molecule has 0 spiro atoms. The van der Waals surface area contributed by atoms with E-state index in [1.165, 1.54) is 34.4 Å². The molecule has 0 radical (unpaired) electrons. The molecule has 62 heavy (non-hydrogen) atoms. The third-order valence-electron chi connectivity index (χ3n) is 12.2. The van der Waals surface area contributed by atoms with Crippen molar-refractivity contribution < 1.29 is 28.7 Å². The molecule has 0 unspecified atom stereocenters. The van der Waals surface area contributed by atoms with Gasteiger partial charge in [0.1, 0.15) is 23.7 Å². The summed E-state index contributed by atoms with van der Waals surface area (Å²) in [6.45, 7) is 8.85. The summed E-state index contributed by atoms with van der Waals surface area (Å²) >= 11 is 3.52. The number of methoxy groups -OCH3 is 2. The molecule has 2 aliphatic rings. The molecule has 2 fully saturated rings. The van der Waals surface area contributed by atoms with Crippen molar-refractivity contribution in [1.82, 2.24) is 40.4 Å². The Morgan fingerprint density at radius 3 is 1.45 bits per heavy atom. The zero-order valence-electron chi connectivity index (χ0n) is 35.5. The molecule has 7 aromatic rings. The number of aromatic amines is 2. The number of aromatic nitrogens is 4. The number of ether oxygens (including phenoxy) is 2. The molecule has 6 heterocycles. The number of H-pyrrole nitrogens is 2. The summed E-state index contributed by atoms with van der Waals surface area (Å²) in [5, 5.41) is 7.81. The van der Waals surface area contributed by atoms with E-state index in [0.29, 0.717) is 13.1 Å². The molecule has 3 aromatic carbocycles. The molecule has 0 bridgehead atoms. The Morgan fingerprint density at radius 2 is 1.06 bits per heavy atom. The summed E-state index contributed by atoms with van der Waals surface area (Å²) in [7, 11) is 2.60. The lowest BCUT2D eigenvalue weighted by Crippen LogP contribution is -2.51. The van der Waals surface area contributed by atoms with Gasteiger partial charge in [0.15, 0.2) is 0 Å². The number of benzene rings is 3. The second-order valence-corrected chi connectivity index (χ2v) is 19.1. The maximum Gasteiger partial charge on any atom is 0.407 e. The lowest BCUT2D eigenvalue weighted by atomic mass is 10.0. The number of carbonyl (C=O) groups excluding carboxylic acids is 4. The van der Waals surface area contributed by atoms with E-state index in [0.717, 1.165) is 80.3 Å². The van der Waals surface area contributed by atoms with E-state index < -0.39 is 24.3 Å². The number of hydrogen-bond acceptors (Lipinski definition) is 10. The summed E-state index contributed by atoms with van der Waals surface area (Å²) in [6, 6.07) is 19.8. The molecule has 322 valence electrons. The number of nitrogens with one attached hydrogen (secondary N) is 4. The van der Waals surface area contributed by atoms with Crippen molar-refractivity contribution in [3.8, 4) is 20.9 Å². The number of fused-ring (bicyclic) bond motifs is 4. The fourth-order valence-corrected chi connectivity index (χ4v) is 11.1. The highest BCUT2D eigenvalue weighted by Crippen LogP contribution is 2.42. The van der Waals surface area contributed by atoms with Crippen molar-refractivity contribution in [3.05, 3.63) is 72.3 Å². The third kappa shape index (κ3) is 7.74. The fraction of sp³-hybridized carbons (Fsp3) is 0.391. The Balaban J connectivity index is 0.929. The molecule has 16 heteroatoms. The highest BCUT2D eigenvalue weighted by atomic mass is 32.1. The lowest BCUT2D eigenvalue weighted by Gasteiger charge is -2.29. The van der Waals surface area contributed by atoms with Crippen LogP contribution in [0.5, 0.6) is 0 Å². The van der Waals surface area contributed by atoms with Crippen LogP contribution in [-0.2, 0) is 19.1 Å². The molecule has 4 N–H and O–H groups in total. The van der Waals surface area contributed by atoms with Crippen LogP contribution < -0.4 is 10.6 Å². The summed E-state index contributed by atoms with van der Waals surface area (Å²) in [4.78, 5) is 74.3. The van der Waals surface area contributed by atoms with E-state index in [9.17, 15) is 19.2 Å². The van der Waals surface area contributed by atoms with Crippen LogP contribution in [0.3, 0.4) is 0 Å². The van der Waals surface area contributed by atoms with E-state index in [1.807, 2.05) is 49.6 Å². The second kappa shape index (κ2) is 16.7. The molecule has 4 atom stereocenters. The van der Waals surface area contributed by atoms with Crippen LogP contribution in [0.1, 0.15) is 77.1 Å². The minimum Gasteiger partial charge on any atom is -0.453 e. The zero-order valence-corrected chi connectivity index (χ0v) is 37.2. The third-order valence-corrected chi connectivity index (χ3v) is 14.5. The predicted molar refractivity (Wildman–Crippen MR) is 243 cm³/mol. The average Bonchev–Trinajstić information content (AvgIpc) is 4.12. The fourth-order valence-electron chi connectivity index (χ4n) is 8.92. The highest BCUT2D eigenvalue weighted by molar-refractivity contribution is 7.23. The van der Waals surface area contributed by atoms with Crippen LogP contribution in [0.4, 0.5) is 9.59 Å². The minimum atomic E-state index is -0.688. The number of imidazole rings is 2. The standard InChI is InChI=1S/C46H50N8O6S2/c1-23(2)39(51-45(57)59-5)43(55)53-15-7-9-33(53)41-47-29-13-11-25(17-31(29)49-41)35-19-27-21-38-28(22-37(27)61-35)20-36(62-38)26-12-14-30-32(18-26)50-42(48-30)34-10-8-16-54(34)44(56)40(24(3)4)52-46(58)60-6/h11-14,17-24,33-34,39-40H,7-10,15-16H2,1-6H3,(H,47,49)(H,48,50)(H,51,57)(H,52,58)/t33-,34-,39-,40-/m0/s1. The summed E-state index contributed by atoms with van der Waals surface area (Å²) in [5.41, 5.74) is 5.70. The molecule has 14 nitrogen and oxygen atoms in total. The molecular formula is C46H50N8O6S2. The van der Waals surface area contributed by atoms with E-state index in [1.54, 1.807) is 22.7 Å². The van der Waals surface area contributed by atoms with Gasteiger partial charge < -0.3 is 39.9 Å². The molecule has 2 aliphatic heterocycles. The van der Waals surface area contributed by atoms with E-state index in [2.05, 4.69) is 69.1 Å². The summed E-state index contributed by atoms with van der Waals surface area (Å²) in [5.74, 6) is 1.03. The first kappa shape index (κ1) is 41.4. The monoisotopic (exact) mass is 874 g/mol. The van der Waals surface area contributed by atoms with Gasteiger partial charge in [-0.1, -0.05) is 39.8 Å². The van der Waals surface area contributed by atoms with Crippen molar-refractivity contribution in [1.29, 1.82) is 0 Å². The molecule has 4 amide bonds. The van der Waals surface area contributed by atoms with Crippen LogP contribution in [0.15, 0.2) is 60.7 Å². The zero-order chi connectivity index (χ0) is 43.4. The van der Waals surface area contributed by atoms with Gasteiger partial charge in [-0.05, 0) is 108 Å². The van der Waals surface area contributed by atoms with Crippen molar-refractivity contribution in [2.24, 2.45) is 11.8 Å². The van der Waals surface area contributed by atoms with Gasteiger partial charge in [-0.2, -0.15) is 0 Å².